The van der Waals surface area contributed by atoms with Gasteiger partial charge in [-0.25, -0.2) is 23.2 Å². The molecule has 0 saturated heterocycles. The van der Waals surface area contributed by atoms with Gasteiger partial charge in [0.15, 0.2) is 5.60 Å². The van der Waals surface area contributed by atoms with Gasteiger partial charge in [-0.2, -0.15) is 18.3 Å². The van der Waals surface area contributed by atoms with Crippen LogP contribution in [0.4, 0.5) is 17.6 Å². The van der Waals surface area contributed by atoms with Gasteiger partial charge in [0.2, 0.25) is 0 Å². The monoisotopic (exact) mass is 453 g/mol. The zero-order valence-electron chi connectivity index (χ0n) is 17.3. The van der Waals surface area contributed by atoms with Crippen molar-refractivity contribution in [3.05, 3.63) is 75.7 Å². The summed E-state index contributed by atoms with van der Waals surface area (Å²) in [5.41, 5.74) is -2.34. The van der Waals surface area contributed by atoms with Gasteiger partial charge in [0.1, 0.15) is 17.9 Å². The number of aliphatic carboxylic acids is 1. The second-order valence-corrected chi connectivity index (χ2v) is 7.62. The first kappa shape index (κ1) is 23.0. The zero-order valence-corrected chi connectivity index (χ0v) is 17.3. The van der Waals surface area contributed by atoms with E-state index in [2.05, 4.69) is 5.10 Å². The molecule has 0 bridgehead atoms. The number of hydrogen-bond acceptors (Lipinski definition) is 4. The fourth-order valence-electron chi connectivity index (χ4n) is 2.92. The van der Waals surface area contributed by atoms with Crippen LogP contribution in [0.15, 0.2) is 47.5 Å². The van der Waals surface area contributed by atoms with E-state index in [1.807, 2.05) is 0 Å². The Hall–Kier alpha value is -3.63. The standard InChI is InChI=1S/C21H19F4N3O4/c1-12-8-13(4-7-17(12)32-20(2,3)18(29)30)10-28-19(31)27(11-26-28)14-5-6-15(16(22)9-14)21(23,24)25/h4-9,11H,10H2,1-3H3,(H,29,30). The maximum Gasteiger partial charge on any atom is 0.419 e. The number of aryl methyl sites for hydroxylation is 1. The number of carboxylic acids is 1. The summed E-state index contributed by atoms with van der Waals surface area (Å²) in [7, 11) is 0. The van der Waals surface area contributed by atoms with Gasteiger partial charge in [0.25, 0.3) is 0 Å². The molecule has 7 nitrogen and oxygen atoms in total. The minimum absolute atomic E-state index is 0.0262. The van der Waals surface area contributed by atoms with Crippen LogP contribution < -0.4 is 10.4 Å². The minimum Gasteiger partial charge on any atom is -0.478 e. The first-order valence-corrected chi connectivity index (χ1v) is 9.33. The van der Waals surface area contributed by atoms with E-state index in [0.29, 0.717) is 29.0 Å². The molecule has 0 atom stereocenters. The highest BCUT2D eigenvalue weighted by atomic mass is 19.4. The van der Waals surface area contributed by atoms with Crippen LogP contribution in [0.1, 0.15) is 30.5 Å². The quantitative estimate of drug-likeness (QED) is 0.574. The van der Waals surface area contributed by atoms with Gasteiger partial charge in [-0.3, -0.25) is 0 Å². The zero-order chi connectivity index (χ0) is 23.8. The average Bonchev–Trinajstić information content (AvgIpc) is 3.03. The summed E-state index contributed by atoms with van der Waals surface area (Å²) in [5.74, 6) is -2.26. The van der Waals surface area contributed by atoms with Crippen LogP contribution >= 0.6 is 0 Å². The van der Waals surface area contributed by atoms with E-state index in [4.69, 9.17) is 4.74 Å². The van der Waals surface area contributed by atoms with E-state index in [1.165, 1.54) is 13.8 Å². The Kier molecular flexibility index (Phi) is 5.86. The maximum absolute atomic E-state index is 13.9. The number of hydrogen-bond donors (Lipinski definition) is 1. The number of benzene rings is 2. The molecule has 0 radical (unpaired) electrons. The highest BCUT2D eigenvalue weighted by Gasteiger charge is 2.34. The summed E-state index contributed by atoms with van der Waals surface area (Å²) < 4.78 is 59.6. The SMILES string of the molecule is Cc1cc(Cn2ncn(-c3ccc(C(F)(F)F)c(F)c3)c2=O)ccc1OC(C)(C)C(=O)O. The van der Waals surface area contributed by atoms with E-state index >= 15 is 0 Å². The number of carbonyl (C=O) groups is 1. The molecule has 0 unspecified atom stereocenters. The van der Waals surface area contributed by atoms with E-state index in [9.17, 15) is 32.3 Å². The highest BCUT2D eigenvalue weighted by molar-refractivity contribution is 5.76. The van der Waals surface area contributed by atoms with Gasteiger partial charge in [0, 0.05) is 0 Å². The molecule has 1 heterocycles. The van der Waals surface area contributed by atoms with E-state index in [1.54, 1.807) is 25.1 Å². The van der Waals surface area contributed by atoms with Crippen LogP contribution in [0, 0.1) is 12.7 Å². The van der Waals surface area contributed by atoms with Crippen molar-refractivity contribution in [3.8, 4) is 11.4 Å². The van der Waals surface area contributed by atoms with Crippen LogP contribution in [-0.2, 0) is 17.5 Å². The molecule has 0 aliphatic carbocycles. The van der Waals surface area contributed by atoms with E-state index in [0.717, 1.165) is 21.6 Å². The molecule has 3 aromatic rings. The molecule has 1 N–H and O–H groups in total. The van der Waals surface area contributed by atoms with Crippen LogP contribution in [0.2, 0.25) is 0 Å². The predicted octanol–water partition coefficient (Wildman–Crippen LogP) is 3.79. The summed E-state index contributed by atoms with van der Waals surface area (Å²) in [6.07, 6.45) is -3.75. The van der Waals surface area contributed by atoms with Gasteiger partial charge in [0.05, 0.1) is 17.8 Å². The van der Waals surface area contributed by atoms with Crippen LogP contribution in [0.25, 0.3) is 5.69 Å². The molecule has 11 heteroatoms. The Morgan fingerprint density at radius 3 is 2.41 bits per heavy atom. The second-order valence-electron chi connectivity index (χ2n) is 7.62. The van der Waals surface area contributed by atoms with Crippen molar-refractivity contribution in [1.29, 1.82) is 0 Å². The third-order valence-corrected chi connectivity index (χ3v) is 4.72. The molecule has 0 saturated carbocycles. The Labute approximate surface area is 179 Å². The molecule has 170 valence electrons. The molecule has 0 aliphatic rings. The summed E-state index contributed by atoms with van der Waals surface area (Å²) >= 11 is 0. The highest BCUT2D eigenvalue weighted by Crippen LogP contribution is 2.32. The topological polar surface area (TPSA) is 86.4 Å². The third-order valence-electron chi connectivity index (χ3n) is 4.72. The molecule has 1 aromatic heterocycles. The van der Waals surface area contributed by atoms with Gasteiger partial charge in [-0.15, -0.1) is 0 Å². The van der Waals surface area contributed by atoms with Crippen LogP contribution in [0.5, 0.6) is 5.75 Å². The van der Waals surface area contributed by atoms with Gasteiger partial charge < -0.3 is 9.84 Å². The fraction of sp³-hybridized carbons (Fsp3) is 0.286. The predicted molar refractivity (Wildman–Crippen MR) is 105 cm³/mol. The summed E-state index contributed by atoms with van der Waals surface area (Å²) in [4.78, 5) is 23.8. The number of alkyl halides is 3. The molecule has 3 rings (SSSR count). The number of ether oxygens (including phenoxy) is 1. The molecule has 2 aromatic carbocycles. The number of nitrogens with zero attached hydrogens (tertiary/aromatic N) is 3. The number of carboxylic acid groups (broad SMARTS) is 1. The number of halogens is 4. The smallest absolute Gasteiger partial charge is 0.419 e. The molecular formula is C21H19F4N3O4. The molecule has 0 spiro atoms. The molecule has 0 aliphatic heterocycles. The maximum atomic E-state index is 13.9. The van der Waals surface area contributed by atoms with Crippen molar-refractivity contribution in [2.45, 2.75) is 39.1 Å². The van der Waals surface area contributed by atoms with Crippen molar-refractivity contribution < 1.29 is 32.2 Å². The summed E-state index contributed by atoms with van der Waals surface area (Å²) in [5, 5.41) is 13.1. The molecule has 0 amide bonds. The van der Waals surface area contributed by atoms with Gasteiger partial charge in [-0.1, -0.05) is 12.1 Å². The fourth-order valence-corrected chi connectivity index (χ4v) is 2.92. The Morgan fingerprint density at radius 1 is 1.16 bits per heavy atom. The second kappa shape index (κ2) is 8.13. The number of rotatable bonds is 6. The van der Waals surface area contributed by atoms with E-state index < -0.39 is 34.8 Å². The Bertz CT molecular complexity index is 1230. The number of aromatic nitrogens is 3. The minimum atomic E-state index is -4.84. The average molecular weight is 453 g/mol. The lowest BCUT2D eigenvalue weighted by Gasteiger charge is -2.23. The molecule has 32 heavy (non-hydrogen) atoms. The lowest BCUT2D eigenvalue weighted by molar-refractivity contribution is -0.152. The lowest BCUT2D eigenvalue weighted by Crippen LogP contribution is -2.38. The summed E-state index contributed by atoms with van der Waals surface area (Å²) in [6.45, 7) is 4.57. The van der Waals surface area contributed by atoms with Crippen LogP contribution in [0.3, 0.4) is 0 Å². The van der Waals surface area contributed by atoms with E-state index in [-0.39, 0.29) is 12.2 Å². The summed E-state index contributed by atoms with van der Waals surface area (Å²) in [6, 6.07) is 7.06. The van der Waals surface area contributed by atoms with Crippen molar-refractivity contribution in [1.82, 2.24) is 14.3 Å². The third kappa shape index (κ3) is 4.66. The first-order chi connectivity index (χ1) is 14.8. The molecular weight excluding hydrogens is 434 g/mol. The van der Waals surface area contributed by atoms with Crippen LogP contribution in [-0.4, -0.2) is 31.0 Å². The normalized spacial score (nSPS) is 12.1. The van der Waals surface area contributed by atoms with Gasteiger partial charge >= 0.3 is 17.8 Å². The van der Waals surface area contributed by atoms with Crippen molar-refractivity contribution in [3.63, 3.8) is 0 Å². The van der Waals surface area contributed by atoms with Gasteiger partial charge in [-0.05, 0) is 56.2 Å². The Morgan fingerprint density at radius 2 is 1.84 bits per heavy atom. The van der Waals surface area contributed by atoms with Crippen molar-refractivity contribution in [2.24, 2.45) is 0 Å². The van der Waals surface area contributed by atoms with Crippen molar-refractivity contribution >= 4 is 5.97 Å². The Balaban J connectivity index is 1.84. The first-order valence-electron chi connectivity index (χ1n) is 9.33. The lowest BCUT2D eigenvalue weighted by atomic mass is 10.1. The largest absolute Gasteiger partial charge is 0.478 e. The molecule has 0 fully saturated rings. The van der Waals surface area contributed by atoms with Crippen molar-refractivity contribution in [2.75, 3.05) is 0 Å².